The van der Waals surface area contributed by atoms with E-state index in [0.717, 1.165) is 10.8 Å². The summed E-state index contributed by atoms with van der Waals surface area (Å²) in [7, 11) is -0.672. The molecule has 0 bridgehead atoms. The molecule has 4 heteroatoms. The Morgan fingerprint density at radius 3 is 2.71 bits per heavy atom. The van der Waals surface area contributed by atoms with Crippen molar-refractivity contribution in [3.05, 3.63) is 12.7 Å². The molecule has 0 amide bonds. The van der Waals surface area contributed by atoms with Crippen LogP contribution in [0.2, 0.25) is 0 Å². The van der Waals surface area contributed by atoms with Crippen molar-refractivity contribution >= 4 is 20.4 Å². The molecule has 0 heterocycles. The summed E-state index contributed by atoms with van der Waals surface area (Å²) < 4.78 is 16.4. The van der Waals surface area contributed by atoms with Crippen molar-refractivity contribution in [2.75, 3.05) is 5.75 Å². The zero-order chi connectivity index (χ0) is 5.70. The lowest BCUT2D eigenvalue weighted by atomic mass is 10.8. The van der Waals surface area contributed by atoms with Gasteiger partial charge in [-0.15, -0.1) is 6.58 Å². The summed E-state index contributed by atoms with van der Waals surface area (Å²) in [5.74, 6) is 0.610. The molecule has 0 aromatic carbocycles. The average Bonchev–Trinajstić information content (AvgIpc) is 1.61. The van der Waals surface area contributed by atoms with Gasteiger partial charge in [0.15, 0.2) is 0 Å². The Kier molecular flexibility index (Phi) is 4.23. The molecule has 0 saturated heterocycles. The smallest absolute Gasteiger partial charge is 0.0854 e. The van der Waals surface area contributed by atoms with Crippen LogP contribution in [0.25, 0.3) is 0 Å². The molecule has 0 radical (unpaired) electrons. The maximum Gasteiger partial charge on any atom is 0.0854 e. The van der Waals surface area contributed by atoms with E-state index in [-0.39, 0.29) is 0 Å². The van der Waals surface area contributed by atoms with Crippen LogP contribution in [0.3, 0.4) is 0 Å². The number of hydrogen-bond acceptors (Lipinski definition) is 3. The molecule has 0 rings (SSSR count). The van der Waals surface area contributed by atoms with Crippen molar-refractivity contribution < 1.29 is 4.21 Å². The first-order valence-corrected chi connectivity index (χ1v) is 4.54. The van der Waals surface area contributed by atoms with E-state index in [1.54, 1.807) is 6.08 Å². The van der Waals surface area contributed by atoms with Gasteiger partial charge in [0, 0.05) is 5.75 Å². The van der Waals surface area contributed by atoms with Gasteiger partial charge in [0.2, 0.25) is 0 Å². The monoisotopic (exact) mass is 137 g/mol. The highest BCUT2D eigenvalue weighted by Gasteiger charge is 1.75. The third-order valence-electron chi connectivity index (χ3n) is 0.310. The maximum atomic E-state index is 9.93. The number of hydrogen-bond donors (Lipinski definition) is 2. The first kappa shape index (κ1) is 7.04. The van der Waals surface area contributed by atoms with Gasteiger partial charge in [0.1, 0.15) is 0 Å². The molecule has 0 aliphatic heterocycles. The molecule has 0 spiro atoms. The van der Waals surface area contributed by atoms with Crippen LogP contribution in [-0.2, 0) is 9.63 Å². The summed E-state index contributed by atoms with van der Waals surface area (Å²) >= 11 is 0. The minimum absolute atomic E-state index is 0.610. The summed E-state index contributed by atoms with van der Waals surface area (Å²) in [5, 5.41) is 0. The van der Waals surface area contributed by atoms with Gasteiger partial charge in [-0.3, -0.25) is 0 Å². The van der Waals surface area contributed by atoms with Crippen LogP contribution in [-0.4, -0.2) is 9.96 Å². The zero-order valence-electron chi connectivity index (χ0n) is 3.76. The largest absolute Gasteiger partial charge is 0.246 e. The highest BCUT2D eigenvalue weighted by Crippen LogP contribution is 1.97. The van der Waals surface area contributed by atoms with Crippen LogP contribution in [0, 0.1) is 4.78 Å². The molecule has 7 heavy (non-hydrogen) atoms. The Hall–Kier alpha value is 0.0400. The molecule has 1 N–H and O–H groups in total. The van der Waals surface area contributed by atoms with Crippen LogP contribution < -0.4 is 0 Å². The van der Waals surface area contributed by atoms with Crippen LogP contribution >= 0.6 is 10.8 Å². The fourth-order valence-electron chi connectivity index (χ4n) is 0.120. The van der Waals surface area contributed by atoms with E-state index in [4.69, 9.17) is 4.78 Å². The minimum Gasteiger partial charge on any atom is -0.246 e. The van der Waals surface area contributed by atoms with E-state index >= 15 is 0 Å². The predicted molar refractivity (Wildman–Crippen MR) is 34.9 cm³/mol. The van der Waals surface area contributed by atoms with Crippen LogP contribution in [0.1, 0.15) is 0 Å². The highest BCUT2D eigenvalue weighted by molar-refractivity contribution is 8.64. The van der Waals surface area contributed by atoms with E-state index < -0.39 is 9.63 Å². The molecule has 2 nitrogen and oxygen atoms in total. The van der Waals surface area contributed by atoms with Gasteiger partial charge in [-0.25, -0.2) is 8.99 Å². The standard InChI is InChI=1S/C3H7NOS2/c1-2-3-6-7(4)5/h2,4,7H,1,3H2. The molecule has 0 fully saturated rings. The second kappa shape index (κ2) is 4.21. The lowest BCUT2D eigenvalue weighted by Gasteiger charge is -1.78. The van der Waals surface area contributed by atoms with Gasteiger partial charge in [-0.05, 0) is 0 Å². The van der Waals surface area contributed by atoms with Crippen LogP contribution in [0.5, 0.6) is 0 Å². The maximum absolute atomic E-state index is 9.93. The van der Waals surface area contributed by atoms with Crippen LogP contribution in [0.4, 0.5) is 0 Å². The molecule has 1 unspecified atom stereocenters. The lowest BCUT2D eigenvalue weighted by molar-refractivity contribution is 0.695. The molecule has 0 saturated carbocycles. The predicted octanol–water partition coefficient (Wildman–Crippen LogP) is 1.06. The second-order valence-electron chi connectivity index (χ2n) is 0.842. The molecule has 0 aromatic rings. The molecule has 42 valence electrons. The van der Waals surface area contributed by atoms with Crippen molar-refractivity contribution in [2.45, 2.75) is 0 Å². The van der Waals surface area contributed by atoms with Gasteiger partial charge >= 0.3 is 0 Å². The number of thiol groups is 1. The molecular formula is C3H7NOS2. The number of rotatable bonds is 3. The van der Waals surface area contributed by atoms with Gasteiger partial charge in [0.05, 0.1) is 9.63 Å². The Balaban J connectivity index is 3.14. The summed E-state index contributed by atoms with van der Waals surface area (Å²) in [6.45, 7) is 3.40. The Labute approximate surface area is 48.4 Å². The zero-order valence-corrected chi connectivity index (χ0v) is 5.47. The molecular weight excluding hydrogens is 130 g/mol. The van der Waals surface area contributed by atoms with E-state index in [0.29, 0.717) is 5.75 Å². The van der Waals surface area contributed by atoms with Gasteiger partial charge in [-0.1, -0.05) is 16.9 Å². The third-order valence-corrected chi connectivity index (χ3v) is 2.08. The molecule has 0 aliphatic carbocycles. The van der Waals surface area contributed by atoms with E-state index in [1.807, 2.05) is 0 Å². The molecule has 0 aliphatic rings. The van der Waals surface area contributed by atoms with Gasteiger partial charge in [-0.2, -0.15) is 0 Å². The Morgan fingerprint density at radius 2 is 2.57 bits per heavy atom. The quantitative estimate of drug-likeness (QED) is 0.347. The summed E-state index contributed by atoms with van der Waals surface area (Å²) in [6, 6.07) is 0. The minimum atomic E-state index is -1.76. The summed E-state index contributed by atoms with van der Waals surface area (Å²) in [6.07, 6.45) is 1.63. The molecule has 0 aromatic heterocycles. The summed E-state index contributed by atoms with van der Waals surface area (Å²) in [4.78, 5) is 0. The molecule has 1 atom stereocenters. The van der Waals surface area contributed by atoms with Gasteiger partial charge < -0.3 is 0 Å². The fraction of sp³-hybridized carbons (Fsp3) is 0.333. The van der Waals surface area contributed by atoms with E-state index in [9.17, 15) is 4.21 Å². The van der Waals surface area contributed by atoms with Crippen molar-refractivity contribution in [2.24, 2.45) is 0 Å². The SMILES string of the molecule is C=CCS[SH](=N)=O. The fourth-order valence-corrected chi connectivity index (χ4v) is 1.08. The van der Waals surface area contributed by atoms with Crippen molar-refractivity contribution in [3.8, 4) is 0 Å². The van der Waals surface area contributed by atoms with Crippen molar-refractivity contribution in [1.82, 2.24) is 0 Å². The van der Waals surface area contributed by atoms with Crippen LogP contribution in [0.15, 0.2) is 12.7 Å². The Morgan fingerprint density at radius 1 is 2.00 bits per heavy atom. The summed E-state index contributed by atoms with van der Waals surface area (Å²) in [5.41, 5.74) is 0. The van der Waals surface area contributed by atoms with Crippen molar-refractivity contribution in [3.63, 3.8) is 0 Å². The first-order chi connectivity index (χ1) is 3.27. The highest BCUT2D eigenvalue weighted by atomic mass is 33.1. The lowest BCUT2D eigenvalue weighted by Crippen LogP contribution is -1.65. The topological polar surface area (TPSA) is 40.9 Å². The second-order valence-corrected chi connectivity index (χ2v) is 3.72. The van der Waals surface area contributed by atoms with Gasteiger partial charge in [0.25, 0.3) is 0 Å². The first-order valence-electron chi connectivity index (χ1n) is 1.69. The average molecular weight is 137 g/mol. The number of nitrogens with one attached hydrogen (secondary N) is 1. The van der Waals surface area contributed by atoms with E-state index in [2.05, 4.69) is 6.58 Å². The third kappa shape index (κ3) is 6.04. The van der Waals surface area contributed by atoms with Crippen molar-refractivity contribution in [1.29, 1.82) is 4.78 Å². The normalized spacial score (nSPS) is 13.1. The Bertz CT molecular complexity index is 110. The van der Waals surface area contributed by atoms with E-state index in [1.165, 1.54) is 0 Å².